The first-order valence-electron chi connectivity index (χ1n) is 6.88. The number of amides is 1. The topological polar surface area (TPSA) is 66.4 Å². The highest BCUT2D eigenvalue weighted by Crippen LogP contribution is 2.34. The van der Waals surface area contributed by atoms with E-state index in [-0.39, 0.29) is 11.8 Å². The number of carbonyl (C=O) groups excluding carboxylic acids is 1. The maximum atomic E-state index is 12.5. The molecule has 0 radical (unpaired) electrons. The first kappa shape index (κ1) is 16.7. The fourth-order valence-electron chi connectivity index (χ4n) is 2.85. The molecule has 0 aliphatic heterocycles. The van der Waals surface area contributed by atoms with Crippen molar-refractivity contribution in [3.63, 3.8) is 0 Å². The largest absolute Gasteiger partial charge is 0.479 e. The second-order valence-electron chi connectivity index (χ2n) is 5.50. The Hall–Kier alpha value is -0.630. The summed E-state index contributed by atoms with van der Waals surface area (Å²) in [7, 11) is 0. The summed E-state index contributed by atoms with van der Waals surface area (Å²) in [5, 5.41) is 12.5. The minimum atomic E-state index is -1.15. The smallest absolute Gasteiger partial charge is 0.329 e. The van der Waals surface area contributed by atoms with Crippen LogP contribution in [-0.4, -0.2) is 22.5 Å². The Morgan fingerprint density at radius 3 is 2.76 bits per heavy atom. The van der Waals surface area contributed by atoms with E-state index in [1.165, 1.54) is 0 Å². The third kappa shape index (κ3) is 3.41. The van der Waals surface area contributed by atoms with E-state index < -0.39 is 11.5 Å². The van der Waals surface area contributed by atoms with Crippen LogP contribution in [0.5, 0.6) is 0 Å². The second kappa shape index (κ2) is 6.64. The van der Waals surface area contributed by atoms with Gasteiger partial charge in [0.2, 0.25) is 0 Å². The van der Waals surface area contributed by atoms with Gasteiger partial charge in [-0.15, -0.1) is 0 Å². The fraction of sp³-hybridized carbons (Fsp3) is 0.467. The van der Waals surface area contributed by atoms with Gasteiger partial charge in [0.15, 0.2) is 0 Å². The van der Waals surface area contributed by atoms with E-state index in [0.29, 0.717) is 12.0 Å². The molecule has 1 aliphatic carbocycles. The summed E-state index contributed by atoms with van der Waals surface area (Å²) in [5.41, 5.74) is -0.649. The van der Waals surface area contributed by atoms with Crippen molar-refractivity contribution in [2.24, 2.45) is 5.92 Å². The van der Waals surface area contributed by atoms with Crippen LogP contribution in [0.3, 0.4) is 0 Å². The Bertz CT molecular complexity index is 578. The number of carboxylic acid groups (broad SMARTS) is 1. The third-order valence-electron chi connectivity index (χ3n) is 4.19. The summed E-state index contributed by atoms with van der Waals surface area (Å²) in [6.07, 6.45) is 3.15. The summed E-state index contributed by atoms with van der Waals surface area (Å²) in [4.78, 5) is 24.3. The lowest BCUT2D eigenvalue weighted by Gasteiger charge is -2.39. The normalized spacial score (nSPS) is 25.4. The molecule has 21 heavy (non-hydrogen) atoms. The molecule has 6 heteroatoms. The van der Waals surface area contributed by atoms with Crippen LogP contribution in [-0.2, 0) is 4.79 Å². The van der Waals surface area contributed by atoms with Gasteiger partial charge in [0.1, 0.15) is 5.54 Å². The lowest BCUT2D eigenvalue weighted by atomic mass is 9.73. The molecular formula is C15H17BrINO3. The van der Waals surface area contributed by atoms with E-state index in [0.717, 1.165) is 27.3 Å². The highest BCUT2D eigenvalue weighted by atomic mass is 127. The number of hydrogen-bond acceptors (Lipinski definition) is 2. The molecule has 2 atom stereocenters. The van der Waals surface area contributed by atoms with Crippen LogP contribution in [0.4, 0.5) is 0 Å². The van der Waals surface area contributed by atoms with E-state index in [1.807, 2.05) is 19.1 Å². The summed E-state index contributed by atoms with van der Waals surface area (Å²) in [6.45, 7) is 1.90. The van der Waals surface area contributed by atoms with Gasteiger partial charge in [-0.2, -0.15) is 0 Å². The average molecular weight is 466 g/mol. The van der Waals surface area contributed by atoms with E-state index in [2.05, 4.69) is 43.8 Å². The van der Waals surface area contributed by atoms with Gasteiger partial charge in [-0.1, -0.05) is 35.7 Å². The highest BCUT2D eigenvalue weighted by molar-refractivity contribution is 14.1. The molecule has 0 aromatic heterocycles. The molecule has 1 aliphatic rings. The molecule has 1 aromatic rings. The minimum absolute atomic E-state index is 0.0717. The SMILES string of the molecule is CC1CCCCC1(NC(=O)c1cc(Br)ccc1I)C(=O)O. The monoisotopic (exact) mass is 465 g/mol. The molecule has 2 rings (SSSR count). The van der Waals surface area contributed by atoms with Gasteiger partial charge in [0.05, 0.1) is 5.56 Å². The van der Waals surface area contributed by atoms with Crippen LogP contribution >= 0.6 is 38.5 Å². The molecular weight excluding hydrogens is 449 g/mol. The van der Waals surface area contributed by atoms with Crippen LogP contribution in [0.2, 0.25) is 0 Å². The van der Waals surface area contributed by atoms with Crippen LogP contribution in [0.1, 0.15) is 43.0 Å². The molecule has 4 nitrogen and oxygen atoms in total. The summed E-state index contributed by atoms with van der Waals surface area (Å²) in [5.74, 6) is -1.33. The first-order valence-corrected chi connectivity index (χ1v) is 8.75. The van der Waals surface area contributed by atoms with Crippen molar-refractivity contribution < 1.29 is 14.7 Å². The Morgan fingerprint density at radius 2 is 2.14 bits per heavy atom. The molecule has 0 bridgehead atoms. The lowest BCUT2D eigenvalue weighted by Crippen LogP contribution is -2.60. The number of rotatable bonds is 3. The van der Waals surface area contributed by atoms with Gasteiger partial charge in [0, 0.05) is 8.04 Å². The van der Waals surface area contributed by atoms with Gasteiger partial charge in [-0.25, -0.2) is 4.79 Å². The number of nitrogens with one attached hydrogen (secondary N) is 1. The quantitative estimate of drug-likeness (QED) is 0.667. The molecule has 0 spiro atoms. The zero-order chi connectivity index (χ0) is 15.6. The summed E-state index contributed by atoms with van der Waals surface area (Å²) in [6, 6.07) is 5.41. The molecule has 1 amide bonds. The summed E-state index contributed by atoms with van der Waals surface area (Å²) < 4.78 is 1.60. The number of carboxylic acids is 1. The molecule has 1 saturated carbocycles. The molecule has 2 unspecified atom stereocenters. The van der Waals surface area contributed by atoms with Gasteiger partial charge >= 0.3 is 5.97 Å². The molecule has 1 fully saturated rings. The zero-order valence-electron chi connectivity index (χ0n) is 11.7. The van der Waals surface area contributed by atoms with Crippen LogP contribution in [0.25, 0.3) is 0 Å². The van der Waals surface area contributed by atoms with Crippen molar-refractivity contribution in [3.8, 4) is 0 Å². The van der Waals surface area contributed by atoms with Crippen molar-refractivity contribution in [3.05, 3.63) is 31.8 Å². The minimum Gasteiger partial charge on any atom is -0.479 e. The Kier molecular flexibility index (Phi) is 5.29. The maximum Gasteiger partial charge on any atom is 0.329 e. The zero-order valence-corrected chi connectivity index (χ0v) is 15.4. The van der Waals surface area contributed by atoms with Crippen molar-refractivity contribution >= 4 is 50.4 Å². The molecule has 2 N–H and O–H groups in total. The Morgan fingerprint density at radius 1 is 1.43 bits per heavy atom. The van der Waals surface area contributed by atoms with E-state index in [9.17, 15) is 14.7 Å². The standard InChI is InChI=1S/C15H17BrINO3/c1-9-4-2-3-7-15(9,14(20)21)18-13(19)11-8-10(16)5-6-12(11)17/h5-6,8-9H,2-4,7H2,1H3,(H,18,19)(H,20,21). The van der Waals surface area contributed by atoms with E-state index >= 15 is 0 Å². The average Bonchev–Trinajstić information content (AvgIpc) is 2.43. The number of halogens is 2. The van der Waals surface area contributed by atoms with E-state index in [4.69, 9.17) is 0 Å². The van der Waals surface area contributed by atoms with Gasteiger partial charge in [0.25, 0.3) is 5.91 Å². The summed E-state index contributed by atoms with van der Waals surface area (Å²) >= 11 is 5.43. The highest BCUT2D eigenvalue weighted by Gasteiger charge is 2.46. The van der Waals surface area contributed by atoms with Crippen molar-refractivity contribution in [2.45, 2.75) is 38.1 Å². The third-order valence-corrected chi connectivity index (χ3v) is 5.62. The molecule has 1 aromatic carbocycles. The number of carbonyl (C=O) groups is 2. The fourth-order valence-corrected chi connectivity index (χ4v) is 3.79. The molecule has 0 heterocycles. The van der Waals surface area contributed by atoms with Gasteiger partial charge in [-0.3, -0.25) is 4.79 Å². The van der Waals surface area contributed by atoms with Crippen LogP contribution in [0, 0.1) is 9.49 Å². The van der Waals surface area contributed by atoms with Crippen LogP contribution in [0.15, 0.2) is 22.7 Å². The molecule has 114 valence electrons. The number of hydrogen-bond donors (Lipinski definition) is 2. The van der Waals surface area contributed by atoms with Crippen LogP contribution < -0.4 is 5.32 Å². The van der Waals surface area contributed by atoms with Gasteiger partial charge in [-0.05, 0) is 59.5 Å². The predicted octanol–water partition coefficient (Wildman–Crippen LogP) is 3.82. The number of aliphatic carboxylic acids is 1. The maximum absolute atomic E-state index is 12.5. The Labute approximate surface area is 146 Å². The van der Waals surface area contributed by atoms with Crippen molar-refractivity contribution in [1.29, 1.82) is 0 Å². The van der Waals surface area contributed by atoms with Crippen molar-refractivity contribution in [2.75, 3.05) is 0 Å². The Balaban J connectivity index is 2.31. The van der Waals surface area contributed by atoms with E-state index in [1.54, 1.807) is 6.07 Å². The lowest BCUT2D eigenvalue weighted by molar-refractivity contribution is -0.148. The molecule has 0 saturated heterocycles. The van der Waals surface area contributed by atoms with Gasteiger partial charge < -0.3 is 10.4 Å². The number of benzene rings is 1. The second-order valence-corrected chi connectivity index (χ2v) is 7.58. The van der Waals surface area contributed by atoms with Crippen molar-refractivity contribution in [1.82, 2.24) is 5.32 Å². The first-order chi connectivity index (χ1) is 9.86. The predicted molar refractivity (Wildman–Crippen MR) is 92.3 cm³/mol.